The van der Waals surface area contributed by atoms with Crippen LogP contribution in [0.5, 0.6) is 0 Å². The van der Waals surface area contributed by atoms with Gasteiger partial charge >= 0.3 is 0 Å². The number of nitrogens with two attached hydrogens (primary N) is 1. The van der Waals surface area contributed by atoms with Crippen molar-refractivity contribution in [3.8, 4) is 0 Å². The fourth-order valence-electron chi connectivity index (χ4n) is 4.45. The van der Waals surface area contributed by atoms with Gasteiger partial charge in [0, 0.05) is 12.4 Å². The topological polar surface area (TPSA) is 140 Å². The average molecular weight is 601 g/mol. The van der Waals surface area contributed by atoms with Crippen molar-refractivity contribution in [3.05, 3.63) is 89.7 Å². The zero-order valence-corrected chi connectivity index (χ0v) is 24.7. The molecule has 12 heteroatoms. The number of hydrogen-bond acceptors (Lipinski definition) is 9. The number of hydrogen-bond donors (Lipinski definition) is 1. The van der Waals surface area contributed by atoms with E-state index in [2.05, 4.69) is 9.97 Å². The number of thiazole rings is 1. The summed E-state index contributed by atoms with van der Waals surface area (Å²) in [6, 6.07) is 17.4. The number of nitrogens with zero attached hydrogens (tertiary/aromatic N) is 3. The molecule has 0 aliphatic rings. The third-order valence-electron chi connectivity index (χ3n) is 6.68. The van der Waals surface area contributed by atoms with Gasteiger partial charge in [-0.25, -0.2) is 26.1 Å². The second-order valence-corrected chi connectivity index (χ2v) is 14.8. The molecule has 0 radical (unpaired) electrons. The summed E-state index contributed by atoms with van der Waals surface area (Å²) in [6.45, 7) is 3.19. The minimum absolute atomic E-state index is 0.131. The molecule has 2 heterocycles. The van der Waals surface area contributed by atoms with Gasteiger partial charge < -0.3 is 5.73 Å². The molecule has 1 unspecified atom stereocenters. The molecular formula is C28H32N4O5S3. The summed E-state index contributed by atoms with van der Waals surface area (Å²) < 4.78 is 55.3. The number of sulfone groups is 1. The Hall–Kier alpha value is -3.19. The summed E-state index contributed by atoms with van der Waals surface area (Å²) >= 11 is 1.37. The van der Waals surface area contributed by atoms with Gasteiger partial charge in [0.25, 0.3) is 10.0 Å². The molecule has 0 saturated carbocycles. The first-order valence-corrected chi connectivity index (χ1v) is 16.9. The lowest BCUT2D eigenvalue weighted by Gasteiger charge is -2.34. The molecule has 0 bridgehead atoms. The quantitative estimate of drug-likeness (QED) is 0.243. The van der Waals surface area contributed by atoms with E-state index in [4.69, 9.17) is 5.73 Å². The third-order valence-corrected chi connectivity index (χ3v) is 11.1. The van der Waals surface area contributed by atoms with Crippen LogP contribution in [-0.4, -0.2) is 54.7 Å². The lowest BCUT2D eigenvalue weighted by atomic mass is 9.98. The standard InChI is InChI=1S/C28H32N4O5S3/c1-20(15-22-7-4-3-5-8-22)27(29)32(40(36,37)24-10-11-26-25(16-24)31-19-38-26)28(33)21(2)18-39(34,35)14-12-23-9-6-13-30-17-23/h3-11,13,16-17,19-21,27H,12,14-15,18,29H2,1-2H3/t20-,21?,27-/m0/s1. The van der Waals surface area contributed by atoms with E-state index in [1.165, 1.54) is 30.4 Å². The second kappa shape index (κ2) is 12.5. The smallest absolute Gasteiger partial charge is 0.267 e. The molecule has 0 fully saturated rings. The highest BCUT2D eigenvalue weighted by Gasteiger charge is 2.39. The van der Waals surface area contributed by atoms with Gasteiger partial charge in [0.05, 0.1) is 44.2 Å². The molecule has 4 rings (SSSR count). The fourth-order valence-corrected chi connectivity index (χ4v) is 8.40. The first-order valence-electron chi connectivity index (χ1n) is 12.8. The van der Waals surface area contributed by atoms with Crippen LogP contribution in [0.3, 0.4) is 0 Å². The lowest BCUT2D eigenvalue weighted by Crippen LogP contribution is -2.55. The van der Waals surface area contributed by atoms with Crippen molar-refractivity contribution in [3.63, 3.8) is 0 Å². The number of sulfonamides is 1. The molecule has 4 aromatic rings. The first-order chi connectivity index (χ1) is 19.0. The Bertz CT molecular complexity index is 1660. The number of rotatable bonds is 12. The number of aryl methyl sites for hydroxylation is 1. The van der Waals surface area contributed by atoms with Gasteiger partial charge in [-0.05, 0) is 54.2 Å². The van der Waals surface area contributed by atoms with E-state index in [-0.39, 0.29) is 17.1 Å². The number of carbonyl (C=O) groups is 1. The molecule has 0 aliphatic carbocycles. The van der Waals surface area contributed by atoms with E-state index in [1.54, 1.807) is 43.0 Å². The number of aromatic nitrogens is 2. The Morgan fingerprint density at radius 2 is 1.73 bits per heavy atom. The Morgan fingerprint density at radius 3 is 2.42 bits per heavy atom. The fraction of sp³-hybridized carbons (Fsp3) is 0.321. The minimum Gasteiger partial charge on any atom is -0.310 e. The van der Waals surface area contributed by atoms with Crippen molar-refractivity contribution < 1.29 is 21.6 Å². The molecule has 0 spiro atoms. The highest BCUT2D eigenvalue weighted by molar-refractivity contribution is 7.91. The number of fused-ring (bicyclic) bond motifs is 1. The summed E-state index contributed by atoms with van der Waals surface area (Å²) in [5.74, 6) is -3.18. The minimum atomic E-state index is -4.44. The van der Waals surface area contributed by atoms with Crippen molar-refractivity contribution in [1.29, 1.82) is 0 Å². The van der Waals surface area contributed by atoms with Crippen LogP contribution in [0, 0.1) is 11.8 Å². The maximum absolute atomic E-state index is 14.0. The van der Waals surface area contributed by atoms with E-state index in [0.717, 1.165) is 15.8 Å². The van der Waals surface area contributed by atoms with Gasteiger partial charge in [-0.1, -0.05) is 50.2 Å². The van der Waals surface area contributed by atoms with Crippen molar-refractivity contribution in [2.24, 2.45) is 17.6 Å². The summed E-state index contributed by atoms with van der Waals surface area (Å²) in [5, 5.41) is 0. The summed E-state index contributed by atoms with van der Waals surface area (Å²) in [4.78, 5) is 21.9. The Labute approximate surface area is 239 Å². The molecule has 40 heavy (non-hydrogen) atoms. The van der Waals surface area contributed by atoms with Crippen molar-refractivity contribution in [1.82, 2.24) is 14.3 Å². The van der Waals surface area contributed by atoms with Crippen LogP contribution < -0.4 is 5.73 Å². The SMILES string of the molecule is CC(CS(=O)(=O)CCc1cccnc1)C(=O)N([C@H](N)[C@@H](C)Cc1ccccc1)S(=O)(=O)c1ccc2scnc2c1. The van der Waals surface area contributed by atoms with Crippen LogP contribution in [0.2, 0.25) is 0 Å². The molecule has 9 nitrogen and oxygen atoms in total. The zero-order chi connectivity index (χ0) is 28.9. The molecule has 212 valence electrons. The number of pyridine rings is 1. The van der Waals surface area contributed by atoms with Crippen LogP contribution in [-0.2, 0) is 37.5 Å². The normalized spacial score (nSPS) is 14.5. The first kappa shape index (κ1) is 29.8. The summed E-state index contributed by atoms with van der Waals surface area (Å²) in [5.41, 5.74) is 10.3. The van der Waals surface area contributed by atoms with E-state index in [0.29, 0.717) is 16.2 Å². The summed E-state index contributed by atoms with van der Waals surface area (Å²) in [7, 11) is -8.14. The van der Waals surface area contributed by atoms with Gasteiger partial charge in [0.15, 0.2) is 9.84 Å². The van der Waals surface area contributed by atoms with E-state index in [9.17, 15) is 21.6 Å². The monoisotopic (exact) mass is 600 g/mol. The molecule has 2 aromatic carbocycles. The zero-order valence-electron chi connectivity index (χ0n) is 22.3. The van der Waals surface area contributed by atoms with Crippen LogP contribution in [0.25, 0.3) is 10.2 Å². The Morgan fingerprint density at radius 1 is 1.00 bits per heavy atom. The van der Waals surface area contributed by atoms with E-state index in [1.807, 2.05) is 30.3 Å². The van der Waals surface area contributed by atoms with Crippen molar-refractivity contribution in [2.45, 2.75) is 37.8 Å². The highest BCUT2D eigenvalue weighted by atomic mass is 32.2. The van der Waals surface area contributed by atoms with Crippen LogP contribution in [0.15, 0.2) is 83.5 Å². The predicted molar refractivity (Wildman–Crippen MR) is 157 cm³/mol. The molecule has 0 aliphatic heterocycles. The van der Waals surface area contributed by atoms with Crippen molar-refractivity contribution in [2.75, 3.05) is 11.5 Å². The van der Waals surface area contributed by atoms with Gasteiger partial charge in [-0.2, -0.15) is 0 Å². The summed E-state index contributed by atoms with van der Waals surface area (Å²) in [6.07, 6.45) is 2.61. The molecule has 1 amide bonds. The third kappa shape index (κ3) is 7.11. The van der Waals surface area contributed by atoms with Crippen LogP contribution >= 0.6 is 11.3 Å². The average Bonchev–Trinajstić information content (AvgIpc) is 3.41. The van der Waals surface area contributed by atoms with Crippen molar-refractivity contribution >= 4 is 47.3 Å². The second-order valence-electron chi connectivity index (χ2n) is 9.91. The Balaban J connectivity index is 1.61. The molecule has 3 atom stereocenters. The van der Waals surface area contributed by atoms with Gasteiger partial charge in [0.1, 0.15) is 0 Å². The van der Waals surface area contributed by atoms with E-state index < -0.39 is 49.5 Å². The lowest BCUT2D eigenvalue weighted by molar-refractivity contribution is -0.131. The highest BCUT2D eigenvalue weighted by Crippen LogP contribution is 2.28. The molecule has 2 N–H and O–H groups in total. The number of amides is 1. The van der Waals surface area contributed by atoms with E-state index >= 15 is 0 Å². The van der Waals surface area contributed by atoms with Gasteiger partial charge in [-0.15, -0.1) is 11.3 Å². The van der Waals surface area contributed by atoms with Crippen LogP contribution in [0.4, 0.5) is 0 Å². The van der Waals surface area contributed by atoms with Gasteiger partial charge in [-0.3, -0.25) is 9.78 Å². The number of benzene rings is 2. The van der Waals surface area contributed by atoms with Gasteiger partial charge in [0.2, 0.25) is 5.91 Å². The molecule has 0 saturated heterocycles. The maximum atomic E-state index is 14.0. The molecular weight excluding hydrogens is 569 g/mol. The molecule has 2 aromatic heterocycles. The largest absolute Gasteiger partial charge is 0.310 e. The Kier molecular flexibility index (Phi) is 9.34. The maximum Gasteiger partial charge on any atom is 0.267 e. The predicted octanol–water partition coefficient (Wildman–Crippen LogP) is 3.67. The number of carbonyl (C=O) groups excluding carboxylic acids is 1. The van der Waals surface area contributed by atoms with Crippen LogP contribution in [0.1, 0.15) is 25.0 Å².